The van der Waals surface area contributed by atoms with Crippen molar-refractivity contribution < 1.29 is 42.9 Å². The van der Waals surface area contributed by atoms with Gasteiger partial charge in [-0.2, -0.15) is 0 Å². The van der Waals surface area contributed by atoms with Gasteiger partial charge in [-0.15, -0.1) is 0 Å². The number of ether oxygens (including phenoxy) is 1. The van der Waals surface area contributed by atoms with Crippen LogP contribution in [0.15, 0.2) is 78.7 Å². The lowest BCUT2D eigenvalue weighted by molar-refractivity contribution is -0.217. The van der Waals surface area contributed by atoms with E-state index in [4.69, 9.17) is 4.74 Å². The van der Waals surface area contributed by atoms with E-state index < -0.39 is 70.1 Å². The fraction of sp³-hybridized carbons (Fsp3) is 0.452. The van der Waals surface area contributed by atoms with E-state index in [0.29, 0.717) is 35.6 Å². The molecule has 3 aromatic rings. The second-order valence-corrected chi connectivity index (χ2v) is 16.2. The van der Waals surface area contributed by atoms with E-state index in [9.17, 15) is 29.4 Å². The summed E-state index contributed by atoms with van der Waals surface area (Å²) in [5, 5.41) is 27.2. The highest BCUT2D eigenvalue weighted by Crippen LogP contribution is 2.69. The topological polar surface area (TPSA) is 143 Å². The number of amides is 1. The van der Waals surface area contributed by atoms with Crippen LogP contribution in [-0.2, 0) is 19.1 Å². The minimum Gasteiger partial charge on any atom is -0.454 e. The number of hydrogen-bond acceptors (Lipinski definition) is 8. The molecule has 3 N–H and O–H groups in total. The summed E-state index contributed by atoms with van der Waals surface area (Å²) in [5.74, 6) is -4.13. The molecule has 2 aromatic carbocycles. The van der Waals surface area contributed by atoms with Gasteiger partial charge in [0.15, 0.2) is 23.9 Å². The molecule has 0 radical (unpaired) electrons. The van der Waals surface area contributed by atoms with Gasteiger partial charge in [0.1, 0.15) is 5.60 Å². The maximum Gasteiger partial charge on any atom is 0.338 e. The van der Waals surface area contributed by atoms with Crippen LogP contribution in [-0.4, -0.2) is 62.6 Å². The standard InChI is InChI=1S/C42H42F2N2O7/c1-22-34(35(22)37(50)46-31-11-8-25-20-45-17-14-28(25)36(31)43)23-4-6-24(7-5-23)38(51)53-21-33(49)41(52)16-13-29-30-10-9-26-18-27(47)12-15-39(26,2)42(30,44)32(48)19-40(29,41)3/h4-8,11-12,14-15,17-18,20,22,29-30,32,34-35,48,52H,9-10,13,16,19,21H2,1-3H3,(H,46,50)/t22?,29-,30-,32-,34?,35?,39-,40-,41-,42-/m0/s1. The molecule has 0 bridgehead atoms. The number of carbonyl (C=O) groups is 4. The molecule has 1 heterocycles. The Morgan fingerprint density at radius 3 is 2.57 bits per heavy atom. The number of nitrogens with one attached hydrogen (secondary N) is 1. The van der Waals surface area contributed by atoms with Crippen molar-refractivity contribution in [3.63, 3.8) is 0 Å². The number of aliphatic hydroxyl groups excluding tert-OH is 1. The normalized spacial score (nSPS) is 36.9. The number of anilines is 1. The average molecular weight is 725 g/mol. The van der Waals surface area contributed by atoms with Crippen LogP contribution in [0.5, 0.6) is 0 Å². The Bertz CT molecular complexity index is 2130. The molecule has 10 atom stereocenters. The Labute approximate surface area is 305 Å². The number of allylic oxidation sites excluding steroid dienone is 4. The predicted molar refractivity (Wildman–Crippen MR) is 191 cm³/mol. The minimum absolute atomic E-state index is 0.0188. The van der Waals surface area contributed by atoms with Crippen molar-refractivity contribution in [2.75, 3.05) is 11.9 Å². The van der Waals surface area contributed by atoms with Crippen LogP contribution >= 0.6 is 0 Å². The molecule has 276 valence electrons. The van der Waals surface area contributed by atoms with Gasteiger partial charge in [0.05, 0.1) is 17.4 Å². The van der Waals surface area contributed by atoms with Gasteiger partial charge in [-0.05, 0) is 98.8 Å². The number of carbonyl (C=O) groups excluding carboxylic acids is 4. The molecule has 0 spiro atoms. The number of aromatic nitrogens is 1. The number of Topliss-reactive ketones (excluding diaryl/α,β-unsaturated/α-hetero) is 1. The van der Waals surface area contributed by atoms with Crippen LogP contribution in [0, 0.1) is 40.3 Å². The van der Waals surface area contributed by atoms with Gasteiger partial charge in [-0.25, -0.2) is 13.6 Å². The molecule has 4 fully saturated rings. The number of pyridine rings is 1. The summed E-state index contributed by atoms with van der Waals surface area (Å²) in [7, 11) is 0. The van der Waals surface area contributed by atoms with E-state index in [1.807, 2.05) is 6.92 Å². The van der Waals surface area contributed by atoms with E-state index in [0.717, 1.165) is 5.56 Å². The van der Waals surface area contributed by atoms with Gasteiger partial charge in [0, 0.05) is 45.8 Å². The van der Waals surface area contributed by atoms with Crippen molar-refractivity contribution in [1.29, 1.82) is 0 Å². The van der Waals surface area contributed by atoms with E-state index >= 15 is 8.78 Å². The van der Waals surface area contributed by atoms with Gasteiger partial charge in [0.2, 0.25) is 11.7 Å². The first-order valence-electron chi connectivity index (χ1n) is 18.3. The average Bonchev–Trinajstić information content (AvgIpc) is 3.75. The van der Waals surface area contributed by atoms with Crippen LogP contribution in [0.4, 0.5) is 14.5 Å². The Morgan fingerprint density at radius 1 is 1.06 bits per heavy atom. The number of benzene rings is 2. The van der Waals surface area contributed by atoms with Crippen molar-refractivity contribution in [2.24, 2.45) is 34.5 Å². The first kappa shape index (κ1) is 35.4. The minimum atomic E-state index is -2.08. The maximum absolute atomic E-state index is 17.4. The smallest absolute Gasteiger partial charge is 0.338 e. The Kier molecular flexibility index (Phi) is 8.16. The summed E-state index contributed by atoms with van der Waals surface area (Å²) < 4.78 is 37.8. The number of nitrogens with zero attached hydrogens (tertiary/aromatic N) is 1. The predicted octanol–water partition coefficient (Wildman–Crippen LogP) is 6.19. The van der Waals surface area contributed by atoms with Crippen molar-refractivity contribution in [1.82, 2.24) is 4.98 Å². The van der Waals surface area contributed by atoms with Crippen molar-refractivity contribution in [2.45, 2.75) is 76.2 Å². The number of rotatable bonds is 7. The lowest BCUT2D eigenvalue weighted by Gasteiger charge is -2.62. The van der Waals surface area contributed by atoms with Gasteiger partial charge in [-0.3, -0.25) is 19.4 Å². The fourth-order valence-electron chi connectivity index (χ4n) is 10.7. The zero-order valence-corrected chi connectivity index (χ0v) is 29.8. The molecular formula is C42H42F2N2O7. The maximum atomic E-state index is 17.4. The Balaban J connectivity index is 0.907. The highest BCUT2D eigenvalue weighted by Gasteiger charge is 2.74. The van der Waals surface area contributed by atoms with Crippen molar-refractivity contribution in [3.05, 3.63) is 95.6 Å². The third kappa shape index (κ3) is 5.10. The van der Waals surface area contributed by atoms with Crippen LogP contribution in [0.1, 0.15) is 74.7 Å². The molecule has 0 aliphatic heterocycles. The molecule has 3 unspecified atom stereocenters. The summed E-state index contributed by atoms with van der Waals surface area (Å²) in [6.45, 7) is 4.68. The summed E-state index contributed by atoms with van der Waals surface area (Å²) in [6.07, 6.45) is 7.01. The fourth-order valence-corrected chi connectivity index (χ4v) is 10.7. The number of fused-ring (bicyclic) bond motifs is 6. The molecule has 53 heavy (non-hydrogen) atoms. The SMILES string of the molecule is CC1C(C(=O)Nc2ccc3cnccc3c2F)C1c1ccc(C(=O)OCC(=O)[C@@]2(O)CC[C@H]3[C@@H]4CCC5=CC(=O)C=C[C@]5(C)[C@@]4(F)[C@@H](O)C[C@@]32C)cc1. The number of halogens is 2. The molecule has 4 saturated carbocycles. The number of esters is 1. The monoisotopic (exact) mass is 724 g/mol. The van der Waals surface area contributed by atoms with Crippen LogP contribution in [0.25, 0.3) is 10.8 Å². The molecule has 0 saturated heterocycles. The highest BCUT2D eigenvalue weighted by molar-refractivity contribution is 6.01. The summed E-state index contributed by atoms with van der Waals surface area (Å²) in [4.78, 5) is 56.0. The summed E-state index contributed by atoms with van der Waals surface area (Å²) >= 11 is 0. The van der Waals surface area contributed by atoms with Crippen molar-refractivity contribution in [3.8, 4) is 0 Å². The lowest BCUT2D eigenvalue weighted by atomic mass is 9.44. The molecule has 8 rings (SSSR count). The zero-order valence-electron chi connectivity index (χ0n) is 29.8. The van der Waals surface area contributed by atoms with E-state index in [1.54, 1.807) is 62.5 Å². The number of aliphatic hydroxyl groups is 2. The molecule has 1 aromatic heterocycles. The number of ketones is 2. The van der Waals surface area contributed by atoms with Crippen LogP contribution < -0.4 is 5.32 Å². The highest BCUT2D eigenvalue weighted by atomic mass is 19.1. The first-order valence-corrected chi connectivity index (χ1v) is 18.3. The first-order chi connectivity index (χ1) is 25.1. The van der Waals surface area contributed by atoms with Gasteiger partial charge < -0.3 is 20.3 Å². The molecule has 5 aliphatic carbocycles. The third-order valence-corrected chi connectivity index (χ3v) is 13.8. The third-order valence-electron chi connectivity index (χ3n) is 13.8. The summed E-state index contributed by atoms with van der Waals surface area (Å²) in [5.41, 5.74) is -4.62. The molecule has 1 amide bonds. The molecule has 9 nitrogen and oxygen atoms in total. The molecule has 5 aliphatic rings. The lowest BCUT2D eigenvalue weighted by Crippen LogP contribution is -2.69. The molecular weight excluding hydrogens is 682 g/mol. The van der Waals surface area contributed by atoms with Crippen molar-refractivity contribution >= 4 is 39.9 Å². The van der Waals surface area contributed by atoms with E-state index in [2.05, 4.69) is 10.3 Å². The number of hydrogen-bond donors (Lipinski definition) is 3. The second kappa shape index (κ2) is 12.2. The van der Waals surface area contributed by atoms with Gasteiger partial charge >= 0.3 is 5.97 Å². The Morgan fingerprint density at radius 2 is 1.81 bits per heavy atom. The quantitative estimate of drug-likeness (QED) is 0.245. The van der Waals surface area contributed by atoms with Gasteiger partial charge in [-0.1, -0.05) is 43.7 Å². The second-order valence-electron chi connectivity index (χ2n) is 16.2. The zero-order chi connectivity index (χ0) is 37.7. The largest absolute Gasteiger partial charge is 0.454 e. The van der Waals surface area contributed by atoms with Crippen LogP contribution in [0.2, 0.25) is 0 Å². The van der Waals surface area contributed by atoms with Gasteiger partial charge in [0.25, 0.3) is 0 Å². The Hall–Kier alpha value is -4.61. The summed E-state index contributed by atoms with van der Waals surface area (Å²) in [6, 6.07) is 11.3. The van der Waals surface area contributed by atoms with E-state index in [1.165, 1.54) is 24.4 Å². The molecule has 11 heteroatoms. The van der Waals surface area contributed by atoms with Crippen LogP contribution in [0.3, 0.4) is 0 Å². The number of alkyl halides is 1. The van der Waals surface area contributed by atoms with E-state index in [-0.39, 0.29) is 47.6 Å².